The van der Waals surface area contributed by atoms with Gasteiger partial charge in [-0.25, -0.2) is 13.2 Å². The van der Waals surface area contributed by atoms with Crippen LogP contribution in [0.25, 0.3) is 16.8 Å². The SMILES string of the molecule is O=C(N[C@H](C(=O)F)c1ccccc1)OCC1=Cc2c(ccc3ccccc23)S1(=O)=O. The summed E-state index contributed by atoms with van der Waals surface area (Å²) in [7, 11) is -3.82. The van der Waals surface area contributed by atoms with Crippen molar-refractivity contribution in [2.24, 2.45) is 0 Å². The lowest BCUT2D eigenvalue weighted by molar-refractivity contribution is -0.131. The van der Waals surface area contributed by atoms with Crippen molar-refractivity contribution < 1.29 is 27.1 Å². The molecule has 3 aromatic carbocycles. The fourth-order valence-electron chi connectivity index (χ4n) is 3.37. The molecular formula is C22H16FNO5S. The first kappa shape index (κ1) is 19.8. The zero-order chi connectivity index (χ0) is 21.3. The molecule has 30 heavy (non-hydrogen) atoms. The van der Waals surface area contributed by atoms with Crippen LogP contribution in [0.15, 0.2) is 76.5 Å². The first-order valence-corrected chi connectivity index (χ1v) is 10.5. The molecule has 6 nitrogen and oxygen atoms in total. The van der Waals surface area contributed by atoms with Gasteiger partial charge in [-0.05, 0) is 28.5 Å². The maximum absolute atomic E-state index is 13.4. The second-order valence-electron chi connectivity index (χ2n) is 6.68. The van der Waals surface area contributed by atoms with E-state index in [2.05, 4.69) is 5.32 Å². The van der Waals surface area contributed by atoms with Crippen molar-refractivity contribution in [3.05, 3.63) is 82.8 Å². The third-order valence-electron chi connectivity index (χ3n) is 4.84. The molecule has 8 heteroatoms. The minimum absolute atomic E-state index is 0.0909. The Morgan fingerprint density at radius 3 is 2.40 bits per heavy atom. The molecule has 0 fully saturated rings. The lowest BCUT2D eigenvalue weighted by Crippen LogP contribution is -2.33. The highest BCUT2D eigenvalue weighted by Gasteiger charge is 2.32. The molecule has 0 bridgehead atoms. The highest BCUT2D eigenvalue weighted by atomic mass is 32.2. The molecule has 0 saturated carbocycles. The molecule has 1 amide bonds. The molecular weight excluding hydrogens is 409 g/mol. The molecule has 1 N–H and O–H groups in total. The molecule has 1 aliphatic rings. The molecule has 0 unspecified atom stereocenters. The van der Waals surface area contributed by atoms with Crippen molar-refractivity contribution in [3.8, 4) is 0 Å². The number of sulfone groups is 1. The van der Waals surface area contributed by atoms with Crippen LogP contribution in [0.2, 0.25) is 0 Å². The average molecular weight is 425 g/mol. The lowest BCUT2D eigenvalue weighted by atomic mass is 10.0. The molecule has 152 valence electrons. The number of benzene rings is 3. The van der Waals surface area contributed by atoms with Crippen molar-refractivity contribution in [3.63, 3.8) is 0 Å². The first-order chi connectivity index (χ1) is 14.4. The molecule has 4 rings (SSSR count). The Morgan fingerprint density at radius 2 is 1.67 bits per heavy atom. The number of alkyl carbamates (subject to hydrolysis) is 1. The number of hydrogen-bond acceptors (Lipinski definition) is 5. The zero-order valence-corrected chi connectivity index (χ0v) is 16.4. The number of halogens is 1. The van der Waals surface area contributed by atoms with E-state index in [0.29, 0.717) is 5.56 Å². The fraction of sp³-hybridized carbons (Fsp3) is 0.0909. The van der Waals surface area contributed by atoms with E-state index in [1.165, 1.54) is 24.3 Å². The van der Waals surface area contributed by atoms with E-state index >= 15 is 0 Å². The van der Waals surface area contributed by atoms with E-state index in [1.54, 1.807) is 24.3 Å². The topological polar surface area (TPSA) is 89.5 Å². The van der Waals surface area contributed by atoms with Crippen LogP contribution in [0.4, 0.5) is 9.18 Å². The molecule has 1 aliphatic heterocycles. The summed E-state index contributed by atoms with van der Waals surface area (Å²) in [4.78, 5) is 23.4. The van der Waals surface area contributed by atoms with E-state index < -0.39 is 34.6 Å². The highest BCUT2D eigenvalue weighted by molar-refractivity contribution is 7.95. The Balaban J connectivity index is 1.52. The molecule has 1 heterocycles. The summed E-state index contributed by atoms with van der Waals surface area (Å²) in [6, 6.07) is 15.1. The van der Waals surface area contributed by atoms with Crippen molar-refractivity contribution in [1.82, 2.24) is 5.32 Å². The quantitative estimate of drug-likeness (QED) is 0.626. The fourth-order valence-corrected chi connectivity index (χ4v) is 4.85. The van der Waals surface area contributed by atoms with Crippen molar-refractivity contribution in [2.45, 2.75) is 10.9 Å². The summed E-state index contributed by atoms with van der Waals surface area (Å²) in [5, 5.41) is 3.78. The molecule has 0 aliphatic carbocycles. The van der Waals surface area contributed by atoms with Gasteiger partial charge in [-0.2, -0.15) is 4.39 Å². The molecule has 3 aromatic rings. The van der Waals surface area contributed by atoms with Gasteiger partial charge >= 0.3 is 12.1 Å². The number of carbonyl (C=O) groups excluding carboxylic acids is 2. The number of rotatable bonds is 5. The van der Waals surface area contributed by atoms with Crippen LogP contribution in [0.1, 0.15) is 17.2 Å². The molecule has 0 spiro atoms. The summed E-state index contributed by atoms with van der Waals surface area (Å²) in [6.45, 7) is -0.543. The monoisotopic (exact) mass is 425 g/mol. The van der Waals surface area contributed by atoms with Crippen LogP contribution in [0.5, 0.6) is 0 Å². The maximum Gasteiger partial charge on any atom is 0.408 e. The van der Waals surface area contributed by atoms with Crippen LogP contribution in [0.3, 0.4) is 0 Å². The van der Waals surface area contributed by atoms with Crippen molar-refractivity contribution >= 4 is 38.8 Å². The Bertz CT molecular complexity index is 1290. The van der Waals surface area contributed by atoms with Gasteiger partial charge in [0.1, 0.15) is 12.6 Å². The summed E-state index contributed by atoms with van der Waals surface area (Å²) >= 11 is 0. The number of carbonyl (C=O) groups is 2. The van der Waals surface area contributed by atoms with Gasteiger partial charge in [0.05, 0.1) is 9.80 Å². The van der Waals surface area contributed by atoms with Gasteiger partial charge < -0.3 is 10.1 Å². The van der Waals surface area contributed by atoms with Gasteiger partial charge in [-0.3, -0.25) is 4.79 Å². The van der Waals surface area contributed by atoms with Crippen LogP contribution >= 0.6 is 0 Å². The molecule has 0 saturated heterocycles. The van der Waals surface area contributed by atoms with E-state index in [4.69, 9.17) is 4.74 Å². The Hall–Kier alpha value is -3.52. The number of nitrogens with one attached hydrogen (secondary N) is 1. The van der Waals surface area contributed by atoms with Crippen molar-refractivity contribution in [1.29, 1.82) is 0 Å². The largest absolute Gasteiger partial charge is 0.444 e. The molecule has 0 aromatic heterocycles. The summed E-state index contributed by atoms with van der Waals surface area (Å²) in [5.74, 6) is 0. The zero-order valence-electron chi connectivity index (χ0n) is 15.5. The average Bonchev–Trinajstić information content (AvgIpc) is 3.01. The van der Waals surface area contributed by atoms with Gasteiger partial charge in [0.25, 0.3) is 0 Å². The third kappa shape index (κ3) is 3.57. The van der Waals surface area contributed by atoms with E-state index in [0.717, 1.165) is 10.8 Å². The standard InChI is InChI=1S/C22H16FNO5S/c23-21(25)20(15-7-2-1-3-8-15)24-22(26)29-13-16-12-18-17-9-5-4-6-14(17)10-11-19(18)30(16,27)28/h1-12,20H,13H2,(H,24,26)/t20-/m0/s1. The minimum Gasteiger partial charge on any atom is -0.444 e. The van der Waals surface area contributed by atoms with Crippen LogP contribution in [-0.2, 0) is 19.4 Å². The van der Waals surface area contributed by atoms with Crippen LogP contribution < -0.4 is 5.32 Å². The number of hydrogen-bond donors (Lipinski definition) is 1. The summed E-state index contributed by atoms with van der Waals surface area (Å²) < 4.78 is 44.0. The molecule has 0 radical (unpaired) electrons. The van der Waals surface area contributed by atoms with Gasteiger partial charge in [0.2, 0.25) is 9.84 Å². The van der Waals surface area contributed by atoms with Gasteiger partial charge in [0, 0.05) is 5.56 Å². The predicted molar refractivity (Wildman–Crippen MR) is 109 cm³/mol. The molecule has 1 atom stereocenters. The van der Waals surface area contributed by atoms with E-state index in [9.17, 15) is 22.4 Å². The highest BCUT2D eigenvalue weighted by Crippen LogP contribution is 2.37. The third-order valence-corrected chi connectivity index (χ3v) is 6.70. The van der Waals surface area contributed by atoms with E-state index in [-0.39, 0.29) is 15.4 Å². The predicted octanol–water partition coefficient (Wildman–Crippen LogP) is 3.93. The second-order valence-corrected chi connectivity index (χ2v) is 8.65. The van der Waals surface area contributed by atoms with Crippen LogP contribution in [0, 0.1) is 0 Å². The first-order valence-electron chi connectivity index (χ1n) is 9.03. The Morgan fingerprint density at radius 1 is 0.967 bits per heavy atom. The number of ether oxygens (including phenoxy) is 1. The Kier molecular flexibility index (Phi) is 5.09. The van der Waals surface area contributed by atoms with Crippen LogP contribution in [-0.4, -0.2) is 27.2 Å². The van der Waals surface area contributed by atoms with Gasteiger partial charge in [-0.1, -0.05) is 60.7 Å². The number of fused-ring (bicyclic) bond motifs is 3. The smallest absolute Gasteiger partial charge is 0.408 e. The lowest BCUT2D eigenvalue weighted by Gasteiger charge is -2.14. The van der Waals surface area contributed by atoms with Crippen molar-refractivity contribution in [2.75, 3.05) is 6.61 Å². The maximum atomic E-state index is 13.4. The summed E-state index contributed by atoms with van der Waals surface area (Å²) in [6.07, 6.45) is 0.363. The summed E-state index contributed by atoms with van der Waals surface area (Å²) in [5.41, 5.74) is 0.779. The second kappa shape index (κ2) is 7.72. The minimum atomic E-state index is -3.82. The van der Waals surface area contributed by atoms with Gasteiger partial charge in [0.15, 0.2) is 0 Å². The van der Waals surface area contributed by atoms with Gasteiger partial charge in [-0.15, -0.1) is 0 Å². The Labute approximate surface area is 171 Å². The normalized spacial score (nSPS) is 15.2. The van der Waals surface area contributed by atoms with E-state index in [1.807, 2.05) is 24.3 Å². The number of amides is 1.